The van der Waals surface area contributed by atoms with Gasteiger partial charge in [-0.2, -0.15) is 0 Å². The van der Waals surface area contributed by atoms with Gasteiger partial charge in [-0.15, -0.1) is 0 Å². The van der Waals surface area contributed by atoms with Crippen LogP contribution in [0.4, 0.5) is 4.79 Å². The molecule has 2 atom stereocenters. The van der Waals surface area contributed by atoms with Crippen LogP contribution in [0.5, 0.6) is 0 Å². The largest absolute Gasteiger partial charge is 0.480 e. The lowest BCUT2D eigenvalue weighted by atomic mass is 9.98. The molecular formula is C25H30N2O5. The summed E-state index contributed by atoms with van der Waals surface area (Å²) in [6.07, 6.45) is -0.0806. The van der Waals surface area contributed by atoms with Crippen LogP contribution in [0.2, 0.25) is 0 Å². The molecule has 0 radical (unpaired) electrons. The van der Waals surface area contributed by atoms with Gasteiger partial charge in [0, 0.05) is 5.92 Å². The molecule has 2 aromatic carbocycles. The number of hydrogen-bond donors (Lipinski definition) is 3. The highest BCUT2D eigenvalue weighted by molar-refractivity contribution is 5.89. The summed E-state index contributed by atoms with van der Waals surface area (Å²) in [7, 11) is 0. The maximum atomic E-state index is 12.6. The van der Waals surface area contributed by atoms with Gasteiger partial charge in [0.05, 0.1) is 0 Å². The lowest BCUT2D eigenvalue weighted by Crippen LogP contribution is -2.52. The maximum Gasteiger partial charge on any atom is 0.407 e. The van der Waals surface area contributed by atoms with Crippen molar-refractivity contribution in [3.05, 3.63) is 59.7 Å². The topological polar surface area (TPSA) is 105 Å². The molecular weight excluding hydrogens is 408 g/mol. The molecule has 0 aromatic heterocycles. The number of carbonyl (C=O) groups excluding carboxylic acids is 2. The van der Waals surface area contributed by atoms with E-state index < -0.39 is 30.1 Å². The van der Waals surface area contributed by atoms with Gasteiger partial charge >= 0.3 is 12.1 Å². The Kier molecular flexibility index (Phi) is 7.51. The molecule has 0 saturated heterocycles. The van der Waals surface area contributed by atoms with E-state index in [9.17, 15) is 19.5 Å². The molecule has 0 spiro atoms. The Morgan fingerprint density at radius 2 is 1.50 bits per heavy atom. The second-order valence-corrected chi connectivity index (χ2v) is 8.46. The van der Waals surface area contributed by atoms with Crippen LogP contribution in [0.15, 0.2) is 48.5 Å². The van der Waals surface area contributed by atoms with Gasteiger partial charge in [0.25, 0.3) is 0 Å². The van der Waals surface area contributed by atoms with Crippen LogP contribution in [0.25, 0.3) is 11.1 Å². The smallest absolute Gasteiger partial charge is 0.407 e. The number of carbonyl (C=O) groups is 3. The Hall–Kier alpha value is -3.35. The van der Waals surface area contributed by atoms with Gasteiger partial charge in [-0.05, 0) is 41.0 Å². The number of ether oxygens (including phenoxy) is 1. The van der Waals surface area contributed by atoms with Crippen molar-refractivity contribution >= 4 is 18.0 Å². The van der Waals surface area contributed by atoms with Crippen molar-refractivity contribution in [3.63, 3.8) is 0 Å². The Morgan fingerprint density at radius 1 is 0.938 bits per heavy atom. The molecule has 1 aliphatic rings. The SMILES string of the molecule is CCC(NC(=O)C(CC(C)C)NC(=O)OCC1c2ccccc2-c2ccccc21)C(=O)O. The summed E-state index contributed by atoms with van der Waals surface area (Å²) in [5.74, 6) is -1.60. The van der Waals surface area contributed by atoms with Crippen molar-refractivity contribution in [1.29, 1.82) is 0 Å². The number of alkyl carbamates (subject to hydrolysis) is 1. The second kappa shape index (κ2) is 10.3. The quantitative estimate of drug-likeness (QED) is 0.550. The molecule has 170 valence electrons. The summed E-state index contributed by atoms with van der Waals surface area (Å²) in [6, 6.07) is 14.2. The summed E-state index contributed by atoms with van der Waals surface area (Å²) in [5.41, 5.74) is 4.47. The van der Waals surface area contributed by atoms with Crippen LogP contribution in [0.3, 0.4) is 0 Å². The number of benzene rings is 2. The van der Waals surface area contributed by atoms with Crippen LogP contribution < -0.4 is 10.6 Å². The third-order valence-electron chi connectivity index (χ3n) is 5.68. The van der Waals surface area contributed by atoms with E-state index in [0.29, 0.717) is 6.42 Å². The Morgan fingerprint density at radius 3 is 2.00 bits per heavy atom. The van der Waals surface area contributed by atoms with E-state index in [2.05, 4.69) is 22.8 Å². The van der Waals surface area contributed by atoms with Crippen molar-refractivity contribution < 1.29 is 24.2 Å². The molecule has 3 rings (SSSR count). The third kappa shape index (κ3) is 5.28. The molecule has 32 heavy (non-hydrogen) atoms. The number of aliphatic carboxylic acids is 1. The standard InChI is InChI=1S/C25H30N2O5/c1-4-21(24(29)30)26-23(28)22(13-15(2)3)27-25(31)32-14-20-18-11-7-5-9-16(18)17-10-6-8-12-19(17)20/h5-12,15,20-22H,4,13-14H2,1-3H3,(H,26,28)(H,27,31)(H,29,30). The van der Waals surface area contributed by atoms with E-state index in [1.165, 1.54) is 0 Å². The zero-order valence-corrected chi connectivity index (χ0v) is 18.6. The van der Waals surface area contributed by atoms with Crippen LogP contribution in [0, 0.1) is 5.92 Å². The van der Waals surface area contributed by atoms with E-state index in [1.54, 1.807) is 6.92 Å². The molecule has 2 aromatic rings. The molecule has 0 bridgehead atoms. The summed E-state index contributed by atoms with van der Waals surface area (Å²) in [4.78, 5) is 36.5. The molecule has 7 heteroatoms. The molecule has 0 aliphatic heterocycles. The van der Waals surface area contributed by atoms with Crippen molar-refractivity contribution in [2.24, 2.45) is 5.92 Å². The normalized spacial score (nSPS) is 14.2. The molecule has 1 aliphatic carbocycles. The monoisotopic (exact) mass is 438 g/mol. The number of rotatable bonds is 9. The average Bonchev–Trinajstić information content (AvgIpc) is 3.08. The van der Waals surface area contributed by atoms with Gasteiger partial charge < -0.3 is 20.5 Å². The van der Waals surface area contributed by atoms with Crippen molar-refractivity contribution in [1.82, 2.24) is 10.6 Å². The lowest BCUT2D eigenvalue weighted by molar-refractivity contribution is -0.142. The fourth-order valence-electron chi connectivity index (χ4n) is 4.10. The zero-order chi connectivity index (χ0) is 23.3. The van der Waals surface area contributed by atoms with Crippen LogP contribution in [-0.2, 0) is 14.3 Å². The zero-order valence-electron chi connectivity index (χ0n) is 18.6. The number of hydrogen-bond acceptors (Lipinski definition) is 4. The minimum atomic E-state index is -1.11. The van der Waals surface area contributed by atoms with Gasteiger partial charge in [0.1, 0.15) is 18.7 Å². The average molecular weight is 439 g/mol. The van der Waals surface area contributed by atoms with E-state index in [-0.39, 0.29) is 24.9 Å². The van der Waals surface area contributed by atoms with Gasteiger partial charge in [0.15, 0.2) is 0 Å². The number of fused-ring (bicyclic) bond motifs is 3. The molecule has 0 heterocycles. The number of nitrogens with one attached hydrogen (secondary N) is 2. The Labute approximate surface area is 188 Å². The maximum absolute atomic E-state index is 12.6. The predicted octanol–water partition coefficient (Wildman–Crippen LogP) is 3.92. The minimum Gasteiger partial charge on any atom is -0.480 e. The fourth-order valence-corrected chi connectivity index (χ4v) is 4.10. The first-order valence-corrected chi connectivity index (χ1v) is 11.0. The van der Waals surface area contributed by atoms with E-state index in [1.807, 2.05) is 50.2 Å². The Bertz CT molecular complexity index is 942. The van der Waals surface area contributed by atoms with Crippen LogP contribution in [0.1, 0.15) is 50.7 Å². The van der Waals surface area contributed by atoms with Crippen LogP contribution >= 0.6 is 0 Å². The first-order chi connectivity index (χ1) is 15.3. The summed E-state index contributed by atoms with van der Waals surface area (Å²) in [6.45, 7) is 5.67. The fraction of sp³-hybridized carbons (Fsp3) is 0.400. The summed E-state index contributed by atoms with van der Waals surface area (Å²) in [5, 5.41) is 14.3. The third-order valence-corrected chi connectivity index (χ3v) is 5.68. The van der Waals surface area contributed by atoms with Crippen LogP contribution in [-0.4, -0.2) is 41.8 Å². The molecule has 2 amide bonds. The molecule has 2 unspecified atom stereocenters. The molecule has 3 N–H and O–H groups in total. The number of carboxylic acid groups (broad SMARTS) is 1. The minimum absolute atomic E-state index is 0.0815. The van der Waals surface area contributed by atoms with Crippen molar-refractivity contribution in [2.45, 2.75) is 51.6 Å². The second-order valence-electron chi connectivity index (χ2n) is 8.46. The first-order valence-electron chi connectivity index (χ1n) is 11.0. The highest BCUT2D eigenvalue weighted by Gasteiger charge is 2.30. The number of amides is 2. The molecule has 7 nitrogen and oxygen atoms in total. The van der Waals surface area contributed by atoms with E-state index in [4.69, 9.17) is 4.74 Å². The van der Waals surface area contributed by atoms with E-state index >= 15 is 0 Å². The van der Waals surface area contributed by atoms with Crippen molar-refractivity contribution in [3.8, 4) is 11.1 Å². The lowest BCUT2D eigenvalue weighted by Gasteiger charge is -2.22. The van der Waals surface area contributed by atoms with Gasteiger partial charge in [0.2, 0.25) is 5.91 Å². The highest BCUT2D eigenvalue weighted by Crippen LogP contribution is 2.44. The van der Waals surface area contributed by atoms with Gasteiger partial charge in [-0.3, -0.25) is 4.79 Å². The Balaban J connectivity index is 1.67. The summed E-state index contributed by atoms with van der Waals surface area (Å²) < 4.78 is 5.53. The predicted molar refractivity (Wildman–Crippen MR) is 121 cm³/mol. The summed E-state index contributed by atoms with van der Waals surface area (Å²) >= 11 is 0. The van der Waals surface area contributed by atoms with E-state index in [0.717, 1.165) is 22.3 Å². The number of carboxylic acids is 1. The molecule has 0 saturated carbocycles. The van der Waals surface area contributed by atoms with Gasteiger partial charge in [-0.1, -0.05) is 69.3 Å². The van der Waals surface area contributed by atoms with Gasteiger partial charge in [-0.25, -0.2) is 9.59 Å². The molecule has 0 fully saturated rings. The van der Waals surface area contributed by atoms with Crippen molar-refractivity contribution in [2.75, 3.05) is 6.61 Å². The highest BCUT2D eigenvalue weighted by atomic mass is 16.5. The first kappa shape index (κ1) is 23.3.